The Labute approximate surface area is 81.7 Å². The van der Waals surface area contributed by atoms with Crippen molar-refractivity contribution in [1.29, 1.82) is 0 Å². The highest BCUT2D eigenvalue weighted by Gasteiger charge is 2.07. The van der Waals surface area contributed by atoms with E-state index < -0.39 is 0 Å². The fourth-order valence-electron chi connectivity index (χ4n) is 0.822. The van der Waals surface area contributed by atoms with Crippen LogP contribution in [-0.2, 0) is 9.63 Å². The second-order valence-electron chi connectivity index (χ2n) is 2.68. The molecule has 0 aliphatic rings. The molecule has 0 radical (unpaired) electrons. The first-order chi connectivity index (χ1) is 6.24. The Balaban J connectivity index is 2.34. The molecule has 1 rings (SSSR count). The van der Waals surface area contributed by atoms with Crippen molar-refractivity contribution in [3.8, 4) is 0 Å². The Morgan fingerprint density at radius 1 is 1.77 bits per heavy atom. The van der Waals surface area contributed by atoms with Crippen molar-refractivity contribution in [3.05, 3.63) is 22.4 Å². The summed E-state index contributed by atoms with van der Waals surface area (Å²) in [6.07, 6.45) is 0.393. The predicted octanol–water partition coefficient (Wildman–Crippen LogP) is 2.27. The summed E-state index contributed by atoms with van der Waals surface area (Å²) in [6.45, 7) is 3.72. The van der Waals surface area contributed by atoms with E-state index in [2.05, 4.69) is 5.48 Å². The standard InChI is InChI=1S/C9H13NO2S/c1-3-9(11)12-10-7(2)8-5-4-6-13-8/h4-7,10H,3H2,1-2H3. The Bertz CT molecular complexity index is 259. The van der Waals surface area contributed by atoms with E-state index in [9.17, 15) is 4.79 Å². The summed E-state index contributed by atoms with van der Waals surface area (Å²) in [5, 5.41) is 2.00. The summed E-state index contributed by atoms with van der Waals surface area (Å²) < 4.78 is 0. The molecule has 0 saturated carbocycles. The molecule has 1 aromatic heterocycles. The van der Waals surface area contributed by atoms with Crippen molar-refractivity contribution in [2.75, 3.05) is 0 Å². The molecule has 1 N–H and O–H groups in total. The average Bonchev–Trinajstić information content (AvgIpc) is 2.66. The van der Waals surface area contributed by atoms with Crippen LogP contribution in [0.25, 0.3) is 0 Å². The molecule has 0 saturated heterocycles. The van der Waals surface area contributed by atoms with Crippen LogP contribution >= 0.6 is 11.3 Å². The minimum atomic E-state index is -0.233. The van der Waals surface area contributed by atoms with Crippen LogP contribution in [0.4, 0.5) is 0 Å². The lowest BCUT2D eigenvalue weighted by atomic mass is 10.3. The Hall–Kier alpha value is -0.870. The quantitative estimate of drug-likeness (QED) is 0.756. The zero-order valence-corrected chi connectivity index (χ0v) is 8.56. The highest BCUT2D eigenvalue weighted by atomic mass is 32.1. The van der Waals surface area contributed by atoms with Crippen molar-refractivity contribution in [3.63, 3.8) is 0 Å². The smallest absolute Gasteiger partial charge is 0.324 e. The lowest BCUT2D eigenvalue weighted by molar-refractivity contribution is -0.152. The number of hydroxylamine groups is 1. The minimum Gasteiger partial charge on any atom is -0.370 e. The van der Waals surface area contributed by atoms with E-state index in [4.69, 9.17) is 4.84 Å². The summed E-state index contributed by atoms with van der Waals surface area (Å²) in [5.41, 5.74) is 2.70. The second kappa shape index (κ2) is 4.99. The van der Waals surface area contributed by atoms with Gasteiger partial charge in [-0.2, -0.15) is 0 Å². The van der Waals surface area contributed by atoms with Crippen LogP contribution in [0, 0.1) is 0 Å². The maximum absolute atomic E-state index is 10.8. The molecule has 3 nitrogen and oxygen atoms in total. The van der Waals surface area contributed by atoms with Crippen LogP contribution < -0.4 is 5.48 Å². The van der Waals surface area contributed by atoms with Gasteiger partial charge >= 0.3 is 5.97 Å². The van der Waals surface area contributed by atoms with Gasteiger partial charge in [-0.15, -0.1) is 16.8 Å². The van der Waals surface area contributed by atoms with Gasteiger partial charge in [-0.3, -0.25) is 4.79 Å². The van der Waals surface area contributed by atoms with Crippen LogP contribution in [-0.4, -0.2) is 5.97 Å². The van der Waals surface area contributed by atoms with E-state index >= 15 is 0 Å². The van der Waals surface area contributed by atoms with E-state index in [-0.39, 0.29) is 12.0 Å². The van der Waals surface area contributed by atoms with E-state index in [0.717, 1.165) is 4.88 Å². The molecule has 1 unspecified atom stereocenters. The lowest BCUT2D eigenvalue weighted by Gasteiger charge is -2.10. The molecule has 0 aliphatic carbocycles. The zero-order chi connectivity index (χ0) is 9.68. The van der Waals surface area contributed by atoms with Crippen LogP contribution in [0.5, 0.6) is 0 Å². The number of rotatable bonds is 4. The zero-order valence-electron chi connectivity index (χ0n) is 7.74. The van der Waals surface area contributed by atoms with Gasteiger partial charge in [0.25, 0.3) is 0 Å². The van der Waals surface area contributed by atoms with Crippen molar-refractivity contribution in [2.24, 2.45) is 0 Å². The van der Waals surface area contributed by atoms with Gasteiger partial charge in [0.05, 0.1) is 6.04 Å². The molecule has 13 heavy (non-hydrogen) atoms. The monoisotopic (exact) mass is 199 g/mol. The van der Waals surface area contributed by atoms with Crippen LogP contribution in [0.1, 0.15) is 31.2 Å². The van der Waals surface area contributed by atoms with Gasteiger partial charge in [0.2, 0.25) is 0 Å². The summed E-state index contributed by atoms with van der Waals surface area (Å²) >= 11 is 1.64. The first kappa shape index (κ1) is 10.2. The number of nitrogens with one attached hydrogen (secondary N) is 1. The van der Waals surface area contributed by atoms with E-state index in [1.165, 1.54) is 0 Å². The number of carbonyl (C=O) groups excluding carboxylic acids is 1. The van der Waals surface area contributed by atoms with Crippen molar-refractivity contribution in [1.82, 2.24) is 5.48 Å². The number of thiophene rings is 1. The molecule has 72 valence electrons. The topological polar surface area (TPSA) is 38.3 Å². The second-order valence-corrected chi connectivity index (χ2v) is 3.66. The molecule has 0 spiro atoms. The number of hydrogen-bond donors (Lipinski definition) is 1. The Kier molecular flexibility index (Phi) is 3.92. The molecule has 0 amide bonds. The highest BCUT2D eigenvalue weighted by Crippen LogP contribution is 2.17. The summed E-state index contributed by atoms with van der Waals surface area (Å²) in [5.74, 6) is -0.233. The van der Waals surface area contributed by atoms with Gasteiger partial charge in [-0.25, -0.2) is 0 Å². The predicted molar refractivity (Wildman–Crippen MR) is 52.3 cm³/mol. The van der Waals surface area contributed by atoms with E-state index in [1.807, 2.05) is 24.4 Å². The maximum atomic E-state index is 10.8. The molecule has 1 heterocycles. The molecule has 1 atom stereocenters. The molecule has 4 heteroatoms. The molecule has 0 aliphatic heterocycles. The SMILES string of the molecule is CCC(=O)ONC(C)c1cccs1. The van der Waals surface area contributed by atoms with Crippen LogP contribution in [0.3, 0.4) is 0 Å². The van der Waals surface area contributed by atoms with Gasteiger partial charge in [0, 0.05) is 11.3 Å². The molecule has 1 aromatic rings. The fraction of sp³-hybridized carbons (Fsp3) is 0.444. The van der Waals surface area contributed by atoms with Gasteiger partial charge in [0.1, 0.15) is 0 Å². The Morgan fingerprint density at radius 2 is 2.54 bits per heavy atom. The number of carbonyl (C=O) groups is 1. The third-order valence-corrected chi connectivity index (χ3v) is 2.66. The first-order valence-corrected chi connectivity index (χ1v) is 5.10. The van der Waals surface area contributed by atoms with Crippen LogP contribution in [0.15, 0.2) is 17.5 Å². The number of hydrogen-bond acceptors (Lipinski definition) is 4. The summed E-state index contributed by atoms with van der Waals surface area (Å²) in [4.78, 5) is 16.8. The first-order valence-electron chi connectivity index (χ1n) is 4.22. The van der Waals surface area contributed by atoms with Crippen molar-refractivity contribution < 1.29 is 9.63 Å². The van der Waals surface area contributed by atoms with Gasteiger partial charge in [-0.05, 0) is 18.4 Å². The molecule has 0 aromatic carbocycles. The lowest BCUT2D eigenvalue weighted by Crippen LogP contribution is -2.22. The largest absolute Gasteiger partial charge is 0.370 e. The Morgan fingerprint density at radius 3 is 3.08 bits per heavy atom. The summed E-state index contributed by atoms with van der Waals surface area (Å²) in [7, 11) is 0. The van der Waals surface area contributed by atoms with Gasteiger partial charge in [0.15, 0.2) is 0 Å². The third-order valence-electron chi connectivity index (χ3n) is 1.61. The molecular weight excluding hydrogens is 186 g/mol. The van der Waals surface area contributed by atoms with Gasteiger partial charge < -0.3 is 4.84 Å². The van der Waals surface area contributed by atoms with Crippen molar-refractivity contribution in [2.45, 2.75) is 26.3 Å². The van der Waals surface area contributed by atoms with E-state index in [0.29, 0.717) is 6.42 Å². The summed E-state index contributed by atoms with van der Waals surface area (Å²) in [6, 6.07) is 4.04. The van der Waals surface area contributed by atoms with Crippen LogP contribution in [0.2, 0.25) is 0 Å². The van der Waals surface area contributed by atoms with Crippen molar-refractivity contribution >= 4 is 17.3 Å². The normalized spacial score (nSPS) is 12.5. The van der Waals surface area contributed by atoms with Gasteiger partial charge in [-0.1, -0.05) is 13.0 Å². The molecule has 0 bridgehead atoms. The maximum Gasteiger partial charge on any atom is 0.324 e. The minimum absolute atomic E-state index is 0.0653. The molecule has 0 fully saturated rings. The third kappa shape index (κ3) is 3.16. The van der Waals surface area contributed by atoms with E-state index in [1.54, 1.807) is 18.3 Å². The molecular formula is C9H13NO2S. The average molecular weight is 199 g/mol. The fourth-order valence-corrected chi connectivity index (χ4v) is 1.55. The highest BCUT2D eigenvalue weighted by molar-refractivity contribution is 7.10.